The van der Waals surface area contributed by atoms with Crippen LogP contribution in [0.5, 0.6) is 0 Å². The van der Waals surface area contributed by atoms with Crippen molar-refractivity contribution in [2.75, 3.05) is 25.0 Å². The quantitative estimate of drug-likeness (QED) is 0.857. The molecule has 4 heteroatoms. The lowest BCUT2D eigenvalue weighted by Gasteiger charge is -2.27. The second kappa shape index (κ2) is 6.21. The summed E-state index contributed by atoms with van der Waals surface area (Å²) in [5.41, 5.74) is 0.702. The minimum Gasteiger partial charge on any atom is -0.327 e. The molecule has 3 nitrogen and oxygen atoms in total. The second-order valence-corrected chi connectivity index (χ2v) is 5.56. The highest BCUT2D eigenvalue weighted by atomic mass is 35.5. The normalized spacial score (nSPS) is 23.7. The van der Waals surface area contributed by atoms with Crippen molar-refractivity contribution in [3.8, 4) is 0 Å². The van der Waals surface area contributed by atoms with E-state index in [1.165, 1.54) is 17.7 Å². The third-order valence-electron chi connectivity index (χ3n) is 3.42. The first-order valence-corrected chi connectivity index (χ1v) is 6.91. The Morgan fingerprint density at radius 1 is 1.50 bits per heavy atom. The minimum atomic E-state index is 0.0483. The second-order valence-electron chi connectivity index (χ2n) is 5.16. The van der Waals surface area contributed by atoms with Crippen LogP contribution >= 0.6 is 11.6 Å². The molecule has 0 aromatic heterocycles. The van der Waals surface area contributed by atoms with Gasteiger partial charge in [0, 0.05) is 5.92 Å². The first-order valence-electron chi connectivity index (χ1n) is 6.53. The van der Waals surface area contributed by atoms with Crippen LogP contribution in [0.4, 0.5) is 5.69 Å². The number of halogens is 1. The molecule has 2 atom stereocenters. The van der Waals surface area contributed by atoms with E-state index in [1.807, 2.05) is 18.2 Å². The molecule has 1 aliphatic rings. The molecule has 2 N–H and O–H groups in total. The molecule has 1 amide bonds. The number of carbonyl (C=O) groups excluding carboxylic acids is 1. The summed E-state index contributed by atoms with van der Waals surface area (Å²) in [7, 11) is 0. The minimum absolute atomic E-state index is 0.0483. The van der Waals surface area contributed by atoms with Crippen molar-refractivity contribution in [2.45, 2.75) is 19.8 Å². The molecule has 1 saturated heterocycles. The van der Waals surface area contributed by atoms with E-state index in [4.69, 9.17) is 11.6 Å². The zero-order chi connectivity index (χ0) is 13.0. The lowest BCUT2D eigenvalue weighted by atomic mass is 10.0. The highest BCUT2D eigenvalue weighted by molar-refractivity contribution is 6.33. The number of piperidine rings is 1. The molecule has 0 saturated carbocycles. The summed E-state index contributed by atoms with van der Waals surface area (Å²) in [4.78, 5) is 13.3. The van der Waals surface area contributed by atoms with Gasteiger partial charge in [0.2, 0.25) is 0 Å². The van der Waals surface area contributed by atoms with Gasteiger partial charge >= 0.3 is 0 Å². The van der Waals surface area contributed by atoms with E-state index in [9.17, 15) is 4.79 Å². The first-order chi connectivity index (χ1) is 8.65. The lowest BCUT2D eigenvalue weighted by molar-refractivity contribution is -0.900. The molecule has 0 aliphatic carbocycles. The molecule has 0 bridgehead atoms. The van der Waals surface area contributed by atoms with Crippen molar-refractivity contribution in [3.05, 3.63) is 29.3 Å². The van der Waals surface area contributed by atoms with Gasteiger partial charge in [-0.3, -0.25) is 4.79 Å². The van der Waals surface area contributed by atoms with E-state index in [0.29, 0.717) is 17.3 Å². The molecular formula is C14H20ClN2O+. The summed E-state index contributed by atoms with van der Waals surface area (Å²) in [6, 6.07) is 7.34. The topological polar surface area (TPSA) is 33.5 Å². The van der Waals surface area contributed by atoms with E-state index in [-0.39, 0.29) is 5.91 Å². The van der Waals surface area contributed by atoms with Gasteiger partial charge in [-0.15, -0.1) is 0 Å². The summed E-state index contributed by atoms with van der Waals surface area (Å²) < 4.78 is 0. The van der Waals surface area contributed by atoms with Crippen LogP contribution < -0.4 is 10.2 Å². The molecule has 1 unspecified atom stereocenters. The molecule has 18 heavy (non-hydrogen) atoms. The Kier molecular flexibility index (Phi) is 4.61. The first kappa shape index (κ1) is 13.4. The maximum atomic E-state index is 11.9. The Balaban J connectivity index is 1.87. The number of anilines is 1. The smallest absolute Gasteiger partial charge is 0.279 e. The fourth-order valence-corrected chi connectivity index (χ4v) is 2.73. The molecule has 1 aliphatic heterocycles. The van der Waals surface area contributed by atoms with Crippen LogP contribution in [-0.4, -0.2) is 25.5 Å². The van der Waals surface area contributed by atoms with Crippen molar-refractivity contribution < 1.29 is 9.69 Å². The highest BCUT2D eigenvalue weighted by Gasteiger charge is 2.22. The summed E-state index contributed by atoms with van der Waals surface area (Å²) in [5, 5.41) is 3.47. The summed E-state index contributed by atoms with van der Waals surface area (Å²) >= 11 is 6.01. The Morgan fingerprint density at radius 2 is 2.28 bits per heavy atom. The third-order valence-corrected chi connectivity index (χ3v) is 3.75. The summed E-state index contributed by atoms with van der Waals surface area (Å²) in [6.07, 6.45) is 2.51. The van der Waals surface area contributed by atoms with Crippen LogP contribution in [0, 0.1) is 5.92 Å². The Morgan fingerprint density at radius 3 is 3.00 bits per heavy atom. The van der Waals surface area contributed by atoms with Crippen LogP contribution in [0.1, 0.15) is 19.8 Å². The molecular weight excluding hydrogens is 248 g/mol. The van der Waals surface area contributed by atoms with Gasteiger partial charge in [-0.1, -0.05) is 30.7 Å². The van der Waals surface area contributed by atoms with Gasteiger partial charge in [-0.25, -0.2) is 0 Å². The number of para-hydroxylation sites is 1. The van der Waals surface area contributed by atoms with Crippen LogP contribution in [0.2, 0.25) is 5.02 Å². The average molecular weight is 268 g/mol. The van der Waals surface area contributed by atoms with Gasteiger partial charge in [0.1, 0.15) is 0 Å². The highest BCUT2D eigenvalue weighted by Crippen LogP contribution is 2.19. The third kappa shape index (κ3) is 3.72. The number of amides is 1. The zero-order valence-corrected chi connectivity index (χ0v) is 11.5. The SMILES string of the molecule is C[C@H]1CCC[NH+](CC(=O)Nc2ccccc2Cl)C1. The van der Waals surface area contributed by atoms with Crippen LogP contribution in [0.25, 0.3) is 0 Å². The lowest BCUT2D eigenvalue weighted by Crippen LogP contribution is -3.14. The van der Waals surface area contributed by atoms with Gasteiger partial charge in [-0.05, 0) is 25.0 Å². The fourth-order valence-electron chi connectivity index (χ4n) is 2.54. The Bertz CT molecular complexity index is 422. The number of nitrogens with one attached hydrogen (secondary N) is 2. The van der Waals surface area contributed by atoms with Gasteiger partial charge in [0.15, 0.2) is 6.54 Å². The number of hydrogen-bond donors (Lipinski definition) is 2. The van der Waals surface area contributed by atoms with Crippen molar-refractivity contribution >= 4 is 23.2 Å². The van der Waals surface area contributed by atoms with Gasteiger partial charge in [-0.2, -0.15) is 0 Å². The number of carbonyl (C=O) groups is 1. The average Bonchev–Trinajstić information content (AvgIpc) is 2.32. The molecule has 1 heterocycles. The molecule has 1 aromatic carbocycles. The summed E-state index contributed by atoms with van der Waals surface area (Å²) in [5.74, 6) is 0.772. The van der Waals surface area contributed by atoms with Gasteiger partial charge < -0.3 is 10.2 Å². The Hall–Kier alpha value is -1.06. The monoisotopic (exact) mass is 267 g/mol. The van der Waals surface area contributed by atoms with Crippen molar-refractivity contribution in [1.82, 2.24) is 0 Å². The van der Waals surface area contributed by atoms with Crippen molar-refractivity contribution in [1.29, 1.82) is 0 Å². The maximum Gasteiger partial charge on any atom is 0.279 e. The number of quaternary nitrogens is 1. The van der Waals surface area contributed by atoms with Crippen molar-refractivity contribution in [3.63, 3.8) is 0 Å². The molecule has 98 valence electrons. The van der Waals surface area contributed by atoms with Crippen LogP contribution in [-0.2, 0) is 4.79 Å². The van der Waals surface area contributed by atoms with Gasteiger partial charge in [0.05, 0.1) is 23.8 Å². The number of benzene rings is 1. The van der Waals surface area contributed by atoms with E-state index < -0.39 is 0 Å². The maximum absolute atomic E-state index is 11.9. The predicted octanol–water partition coefficient (Wildman–Crippen LogP) is 1.59. The van der Waals surface area contributed by atoms with Crippen LogP contribution in [0.15, 0.2) is 24.3 Å². The van der Waals surface area contributed by atoms with Gasteiger partial charge in [0.25, 0.3) is 5.91 Å². The molecule has 1 aromatic rings. The van der Waals surface area contributed by atoms with E-state index in [2.05, 4.69) is 12.2 Å². The molecule has 0 radical (unpaired) electrons. The van der Waals surface area contributed by atoms with E-state index >= 15 is 0 Å². The number of likely N-dealkylation sites (tertiary alicyclic amines) is 1. The Labute approximate surface area is 113 Å². The van der Waals surface area contributed by atoms with Crippen LogP contribution in [0.3, 0.4) is 0 Å². The molecule has 1 fully saturated rings. The zero-order valence-electron chi connectivity index (χ0n) is 10.7. The fraction of sp³-hybridized carbons (Fsp3) is 0.500. The van der Waals surface area contributed by atoms with Crippen molar-refractivity contribution in [2.24, 2.45) is 5.92 Å². The van der Waals surface area contributed by atoms with E-state index in [0.717, 1.165) is 19.0 Å². The largest absolute Gasteiger partial charge is 0.327 e. The predicted molar refractivity (Wildman–Crippen MR) is 74.0 cm³/mol. The number of rotatable bonds is 3. The number of hydrogen-bond acceptors (Lipinski definition) is 1. The molecule has 0 spiro atoms. The standard InChI is InChI=1S/C14H19ClN2O/c1-11-5-4-8-17(9-11)10-14(18)16-13-7-3-2-6-12(13)15/h2-3,6-7,11H,4-5,8-10H2,1H3,(H,16,18)/p+1/t11-/m0/s1. The van der Waals surface area contributed by atoms with E-state index in [1.54, 1.807) is 6.07 Å². The summed E-state index contributed by atoms with van der Waals surface area (Å²) in [6.45, 7) is 4.98. The molecule has 2 rings (SSSR count).